The van der Waals surface area contributed by atoms with Crippen LogP contribution < -0.4 is 19.3 Å². The largest absolute Gasteiger partial charge is 0.497 e. The maximum Gasteiger partial charge on any atom is 0.213 e. The van der Waals surface area contributed by atoms with Gasteiger partial charge in [0, 0.05) is 37.9 Å². The standard InChI is InChI=1S/C22H26N4O3/c1-15-21(16(2)29-24-15)22-19(9-10-20(23-22)28-4)26-13-11-25(12-14-26)17-5-7-18(27-3)8-6-17/h5-10H,11-14H2,1-4H3. The molecule has 3 heterocycles. The Morgan fingerprint density at radius 3 is 2.14 bits per heavy atom. The van der Waals surface area contributed by atoms with Gasteiger partial charge in [-0.05, 0) is 44.2 Å². The second kappa shape index (κ2) is 8.03. The number of benzene rings is 1. The number of hydrogen-bond acceptors (Lipinski definition) is 7. The molecule has 7 nitrogen and oxygen atoms in total. The minimum absolute atomic E-state index is 0.584. The van der Waals surface area contributed by atoms with Gasteiger partial charge in [-0.1, -0.05) is 5.16 Å². The first-order valence-electron chi connectivity index (χ1n) is 9.73. The molecule has 7 heteroatoms. The summed E-state index contributed by atoms with van der Waals surface area (Å²) in [5.74, 6) is 2.22. The average molecular weight is 394 g/mol. The molecule has 0 spiro atoms. The fraction of sp³-hybridized carbons (Fsp3) is 0.364. The summed E-state index contributed by atoms with van der Waals surface area (Å²) in [4.78, 5) is 9.50. The van der Waals surface area contributed by atoms with Crippen LogP contribution in [0.25, 0.3) is 11.3 Å². The molecule has 0 N–H and O–H groups in total. The van der Waals surface area contributed by atoms with E-state index < -0.39 is 0 Å². The van der Waals surface area contributed by atoms with Crippen molar-refractivity contribution in [2.24, 2.45) is 0 Å². The van der Waals surface area contributed by atoms with Gasteiger partial charge in [0.15, 0.2) is 0 Å². The van der Waals surface area contributed by atoms with Crippen LogP contribution in [0.1, 0.15) is 11.5 Å². The van der Waals surface area contributed by atoms with Crippen LogP contribution in [0, 0.1) is 13.8 Å². The summed E-state index contributed by atoms with van der Waals surface area (Å²) in [5.41, 5.74) is 4.93. The highest BCUT2D eigenvalue weighted by atomic mass is 16.5. The van der Waals surface area contributed by atoms with E-state index in [2.05, 4.69) is 33.2 Å². The van der Waals surface area contributed by atoms with Gasteiger partial charge >= 0.3 is 0 Å². The molecule has 0 radical (unpaired) electrons. The molecule has 0 saturated carbocycles. The summed E-state index contributed by atoms with van der Waals surface area (Å²) < 4.78 is 16.0. The summed E-state index contributed by atoms with van der Waals surface area (Å²) in [7, 11) is 3.32. The monoisotopic (exact) mass is 394 g/mol. The zero-order valence-electron chi connectivity index (χ0n) is 17.3. The molecule has 3 aromatic rings. The lowest BCUT2D eigenvalue weighted by molar-refractivity contribution is 0.393. The van der Waals surface area contributed by atoms with Gasteiger partial charge in [-0.25, -0.2) is 4.98 Å². The molecule has 4 rings (SSSR count). The van der Waals surface area contributed by atoms with Gasteiger partial charge in [-0.3, -0.25) is 0 Å². The van der Waals surface area contributed by atoms with Gasteiger partial charge in [0.1, 0.15) is 17.2 Å². The molecule has 0 bridgehead atoms. The zero-order valence-corrected chi connectivity index (χ0v) is 17.3. The lowest BCUT2D eigenvalue weighted by Crippen LogP contribution is -2.46. The smallest absolute Gasteiger partial charge is 0.213 e. The van der Waals surface area contributed by atoms with Crippen LogP contribution in [-0.2, 0) is 0 Å². The van der Waals surface area contributed by atoms with Crippen molar-refractivity contribution >= 4 is 11.4 Å². The molecule has 1 saturated heterocycles. The predicted molar refractivity (Wildman–Crippen MR) is 113 cm³/mol. The molecule has 29 heavy (non-hydrogen) atoms. The maximum atomic E-state index is 5.39. The van der Waals surface area contributed by atoms with E-state index in [1.165, 1.54) is 5.69 Å². The summed E-state index contributed by atoms with van der Waals surface area (Å²) in [5, 5.41) is 4.11. The van der Waals surface area contributed by atoms with Crippen molar-refractivity contribution in [1.82, 2.24) is 10.1 Å². The quantitative estimate of drug-likeness (QED) is 0.654. The van der Waals surface area contributed by atoms with Gasteiger partial charge in [-0.2, -0.15) is 0 Å². The highest BCUT2D eigenvalue weighted by Crippen LogP contribution is 2.36. The number of aromatic nitrogens is 2. The van der Waals surface area contributed by atoms with Crippen molar-refractivity contribution in [2.45, 2.75) is 13.8 Å². The first-order chi connectivity index (χ1) is 14.1. The Morgan fingerprint density at radius 2 is 1.55 bits per heavy atom. The molecule has 0 atom stereocenters. The number of pyridine rings is 1. The van der Waals surface area contributed by atoms with Crippen LogP contribution in [0.4, 0.5) is 11.4 Å². The van der Waals surface area contributed by atoms with Crippen LogP contribution in [0.3, 0.4) is 0 Å². The number of piperazine rings is 1. The summed E-state index contributed by atoms with van der Waals surface area (Å²) in [6.45, 7) is 7.52. The molecule has 0 amide bonds. The van der Waals surface area contributed by atoms with Gasteiger partial charge in [0.05, 0.1) is 31.2 Å². The van der Waals surface area contributed by atoms with E-state index in [9.17, 15) is 0 Å². The average Bonchev–Trinajstić information content (AvgIpc) is 3.11. The van der Waals surface area contributed by atoms with E-state index in [1.54, 1.807) is 14.2 Å². The SMILES string of the molecule is COc1ccc(N2CCN(c3ccc(OC)nc3-c3c(C)noc3C)CC2)cc1. The van der Waals surface area contributed by atoms with E-state index in [4.69, 9.17) is 19.0 Å². The van der Waals surface area contributed by atoms with Crippen molar-refractivity contribution < 1.29 is 14.0 Å². The van der Waals surface area contributed by atoms with Gasteiger partial charge in [0.25, 0.3) is 0 Å². The first kappa shape index (κ1) is 19.1. The summed E-state index contributed by atoms with van der Waals surface area (Å²) in [6.07, 6.45) is 0. The molecule has 0 aliphatic carbocycles. The third-order valence-corrected chi connectivity index (χ3v) is 5.39. The molecule has 1 fully saturated rings. The number of nitrogens with zero attached hydrogens (tertiary/aromatic N) is 4. The third-order valence-electron chi connectivity index (χ3n) is 5.39. The minimum Gasteiger partial charge on any atom is -0.497 e. The number of methoxy groups -OCH3 is 2. The fourth-order valence-corrected chi connectivity index (χ4v) is 3.81. The highest BCUT2D eigenvalue weighted by molar-refractivity contribution is 5.78. The number of aryl methyl sites for hydroxylation is 2. The summed E-state index contributed by atoms with van der Waals surface area (Å²) >= 11 is 0. The molecule has 1 aliphatic heterocycles. The van der Waals surface area contributed by atoms with Crippen molar-refractivity contribution in [1.29, 1.82) is 0 Å². The lowest BCUT2D eigenvalue weighted by Gasteiger charge is -2.38. The Labute approximate surface area is 170 Å². The predicted octanol–water partition coefficient (Wildman–Crippen LogP) is 3.70. The van der Waals surface area contributed by atoms with Crippen LogP contribution in [0.5, 0.6) is 11.6 Å². The summed E-state index contributed by atoms with van der Waals surface area (Å²) in [6, 6.07) is 12.2. The van der Waals surface area contributed by atoms with E-state index in [0.717, 1.165) is 60.3 Å². The van der Waals surface area contributed by atoms with Gasteiger partial charge < -0.3 is 23.8 Å². The first-order valence-corrected chi connectivity index (χ1v) is 9.73. The molecule has 2 aromatic heterocycles. The molecular weight excluding hydrogens is 368 g/mol. The Balaban J connectivity index is 1.58. The topological polar surface area (TPSA) is 63.9 Å². The Morgan fingerprint density at radius 1 is 0.862 bits per heavy atom. The fourth-order valence-electron chi connectivity index (χ4n) is 3.81. The normalized spacial score (nSPS) is 14.2. The van der Waals surface area contributed by atoms with Crippen LogP contribution in [0.15, 0.2) is 40.9 Å². The number of anilines is 2. The Kier molecular flexibility index (Phi) is 5.29. The second-order valence-electron chi connectivity index (χ2n) is 7.09. The molecule has 1 aliphatic rings. The van der Waals surface area contributed by atoms with Crippen molar-refractivity contribution in [3.05, 3.63) is 47.9 Å². The van der Waals surface area contributed by atoms with Crippen molar-refractivity contribution in [3.63, 3.8) is 0 Å². The Hall–Kier alpha value is -3.22. The molecule has 152 valence electrons. The van der Waals surface area contributed by atoms with E-state index in [-0.39, 0.29) is 0 Å². The number of rotatable bonds is 5. The number of hydrogen-bond donors (Lipinski definition) is 0. The van der Waals surface area contributed by atoms with Crippen LogP contribution in [-0.4, -0.2) is 50.5 Å². The molecule has 0 unspecified atom stereocenters. The van der Waals surface area contributed by atoms with Crippen LogP contribution in [0.2, 0.25) is 0 Å². The van der Waals surface area contributed by atoms with Crippen LogP contribution >= 0.6 is 0 Å². The maximum absolute atomic E-state index is 5.39. The second-order valence-corrected chi connectivity index (χ2v) is 7.09. The molecule has 1 aromatic carbocycles. The molecular formula is C22H26N4O3. The lowest BCUT2D eigenvalue weighted by atomic mass is 10.1. The van der Waals surface area contributed by atoms with E-state index in [0.29, 0.717) is 5.88 Å². The Bertz CT molecular complexity index is 957. The van der Waals surface area contributed by atoms with Gasteiger partial charge in [-0.15, -0.1) is 0 Å². The van der Waals surface area contributed by atoms with Gasteiger partial charge in [0.2, 0.25) is 5.88 Å². The van der Waals surface area contributed by atoms with E-state index in [1.807, 2.05) is 32.0 Å². The highest BCUT2D eigenvalue weighted by Gasteiger charge is 2.24. The third kappa shape index (κ3) is 3.72. The number of ether oxygens (including phenoxy) is 2. The van der Waals surface area contributed by atoms with E-state index >= 15 is 0 Å². The minimum atomic E-state index is 0.584. The zero-order chi connectivity index (χ0) is 20.4. The van der Waals surface area contributed by atoms with Crippen molar-refractivity contribution in [2.75, 3.05) is 50.2 Å². The van der Waals surface area contributed by atoms with Crippen molar-refractivity contribution in [3.8, 4) is 22.9 Å².